The van der Waals surface area contributed by atoms with Gasteiger partial charge in [-0.15, -0.1) is 0 Å². The summed E-state index contributed by atoms with van der Waals surface area (Å²) >= 11 is 0. The van der Waals surface area contributed by atoms with Crippen LogP contribution in [0.4, 0.5) is 17.1 Å². The van der Waals surface area contributed by atoms with Crippen molar-refractivity contribution in [1.82, 2.24) is 0 Å². The molecule has 0 radical (unpaired) electrons. The number of carbonyl (C=O) groups is 1. The maximum absolute atomic E-state index is 11.5. The van der Waals surface area contributed by atoms with Gasteiger partial charge in [-0.05, 0) is 37.0 Å². The van der Waals surface area contributed by atoms with Crippen LogP contribution >= 0.6 is 0 Å². The van der Waals surface area contributed by atoms with E-state index in [1.54, 1.807) is 0 Å². The van der Waals surface area contributed by atoms with Crippen LogP contribution in [0.5, 0.6) is 0 Å². The second-order valence-corrected chi connectivity index (χ2v) is 5.67. The van der Waals surface area contributed by atoms with Gasteiger partial charge in [-0.3, -0.25) is 4.79 Å². The summed E-state index contributed by atoms with van der Waals surface area (Å²) in [5.41, 5.74) is 10.2. The molecule has 4 heteroatoms. The summed E-state index contributed by atoms with van der Waals surface area (Å²) in [6, 6.07) is 4.65. The van der Waals surface area contributed by atoms with E-state index < -0.39 is 0 Å². The van der Waals surface area contributed by atoms with Crippen LogP contribution < -0.4 is 16.0 Å². The van der Waals surface area contributed by atoms with Crippen LogP contribution in [0, 0.1) is 0 Å². The second kappa shape index (κ2) is 4.76. The monoisotopic (exact) mass is 259 g/mol. The van der Waals surface area contributed by atoms with Gasteiger partial charge in [0.15, 0.2) is 0 Å². The number of nitrogens with one attached hydrogen (secondary N) is 1. The van der Waals surface area contributed by atoms with E-state index in [0.717, 1.165) is 29.0 Å². The molecule has 3 N–H and O–H groups in total. The fraction of sp³-hybridized carbons (Fsp3) is 0.533. The zero-order valence-electron chi connectivity index (χ0n) is 11.4. The number of aryl methyl sites for hydroxylation is 1. The summed E-state index contributed by atoms with van der Waals surface area (Å²) in [6.07, 6.45) is 6.43. The fourth-order valence-corrected chi connectivity index (χ4v) is 3.23. The lowest BCUT2D eigenvalue weighted by Gasteiger charge is -2.29. The van der Waals surface area contributed by atoms with Gasteiger partial charge >= 0.3 is 0 Å². The molecule has 0 aromatic heterocycles. The Hall–Kier alpha value is -1.71. The van der Waals surface area contributed by atoms with Gasteiger partial charge in [0.2, 0.25) is 5.91 Å². The van der Waals surface area contributed by atoms with Crippen molar-refractivity contribution in [1.29, 1.82) is 0 Å². The number of rotatable bonds is 2. The third kappa shape index (κ3) is 2.27. The number of carbonyl (C=O) groups excluding carboxylic acids is 1. The SMILES string of the molecule is CN(c1cc2c(cc1N)CCC(=O)N2)C1CCCC1. The smallest absolute Gasteiger partial charge is 0.224 e. The first-order valence-electron chi connectivity index (χ1n) is 7.10. The molecular formula is C15H21N3O. The van der Waals surface area contributed by atoms with E-state index in [0.29, 0.717) is 12.5 Å². The van der Waals surface area contributed by atoms with E-state index in [1.807, 2.05) is 12.1 Å². The number of nitrogen functional groups attached to an aromatic ring is 1. The number of benzene rings is 1. The lowest BCUT2D eigenvalue weighted by Crippen LogP contribution is -2.30. The molecule has 2 aliphatic rings. The third-order valence-corrected chi connectivity index (χ3v) is 4.40. The first-order valence-corrected chi connectivity index (χ1v) is 7.10. The Morgan fingerprint density at radius 2 is 2.00 bits per heavy atom. The molecule has 0 unspecified atom stereocenters. The first-order chi connectivity index (χ1) is 9.15. The highest BCUT2D eigenvalue weighted by Crippen LogP contribution is 2.36. The van der Waals surface area contributed by atoms with Crippen LogP contribution in [0.2, 0.25) is 0 Å². The van der Waals surface area contributed by atoms with E-state index in [2.05, 4.69) is 17.3 Å². The van der Waals surface area contributed by atoms with Crippen molar-refractivity contribution in [2.24, 2.45) is 0 Å². The van der Waals surface area contributed by atoms with Gasteiger partial charge in [0.05, 0.1) is 11.4 Å². The molecule has 1 amide bonds. The lowest BCUT2D eigenvalue weighted by molar-refractivity contribution is -0.116. The van der Waals surface area contributed by atoms with Gasteiger partial charge < -0.3 is 16.0 Å². The minimum Gasteiger partial charge on any atom is -0.397 e. The van der Waals surface area contributed by atoms with Gasteiger partial charge in [0, 0.05) is 25.2 Å². The highest BCUT2D eigenvalue weighted by atomic mass is 16.1. The average Bonchev–Trinajstić information content (AvgIpc) is 2.91. The summed E-state index contributed by atoms with van der Waals surface area (Å²) in [6.45, 7) is 0. The topological polar surface area (TPSA) is 58.4 Å². The molecular weight excluding hydrogens is 238 g/mol. The summed E-state index contributed by atoms with van der Waals surface area (Å²) in [7, 11) is 2.11. The summed E-state index contributed by atoms with van der Waals surface area (Å²) in [5, 5.41) is 2.95. The Morgan fingerprint density at radius 3 is 2.74 bits per heavy atom. The molecule has 1 aliphatic heterocycles. The molecule has 0 spiro atoms. The molecule has 3 rings (SSSR count). The van der Waals surface area contributed by atoms with Crippen LogP contribution in [-0.2, 0) is 11.2 Å². The lowest BCUT2D eigenvalue weighted by atomic mass is 10.0. The highest BCUT2D eigenvalue weighted by Gasteiger charge is 2.23. The minimum atomic E-state index is 0.103. The molecule has 1 aromatic rings. The van der Waals surface area contributed by atoms with E-state index >= 15 is 0 Å². The first kappa shape index (κ1) is 12.3. The highest BCUT2D eigenvalue weighted by molar-refractivity contribution is 5.95. The largest absolute Gasteiger partial charge is 0.397 e. The molecule has 1 saturated carbocycles. The standard InChI is InChI=1S/C15H21N3O/c1-18(11-4-2-3-5-11)14-9-13-10(8-12(14)16)6-7-15(19)17-13/h8-9,11H,2-7,16H2,1H3,(H,17,19). The molecule has 102 valence electrons. The van der Waals surface area contributed by atoms with Crippen LogP contribution in [0.1, 0.15) is 37.7 Å². The van der Waals surface area contributed by atoms with Gasteiger partial charge in [-0.2, -0.15) is 0 Å². The van der Waals surface area contributed by atoms with Crippen molar-refractivity contribution >= 4 is 23.0 Å². The number of hydrogen-bond acceptors (Lipinski definition) is 3. The summed E-state index contributed by atoms with van der Waals surface area (Å²) in [4.78, 5) is 13.8. The normalized spacial score (nSPS) is 19.1. The number of nitrogens with two attached hydrogens (primary N) is 1. The number of hydrogen-bond donors (Lipinski definition) is 2. The molecule has 0 saturated heterocycles. The molecule has 0 atom stereocenters. The van der Waals surface area contributed by atoms with Crippen molar-refractivity contribution < 1.29 is 4.79 Å². The number of amides is 1. The number of nitrogens with zero attached hydrogens (tertiary/aromatic N) is 1. The van der Waals surface area contributed by atoms with Crippen LogP contribution in [-0.4, -0.2) is 19.0 Å². The predicted octanol–water partition coefficient (Wildman–Crippen LogP) is 2.53. The quantitative estimate of drug-likeness (QED) is 0.802. The predicted molar refractivity (Wildman–Crippen MR) is 78.5 cm³/mol. The third-order valence-electron chi connectivity index (χ3n) is 4.40. The molecule has 19 heavy (non-hydrogen) atoms. The van der Waals surface area contributed by atoms with Crippen molar-refractivity contribution in [3.05, 3.63) is 17.7 Å². The van der Waals surface area contributed by atoms with Crippen LogP contribution in [0.25, 0.3) is 0 Å². The second-order valence-electron chi connectivity index (χ2n) is 5.67. The van der Waals surface area contributed by atoms with Crippen molar-refractivity contribution in [3.63, 3.8) is 0 Å². The molecule has 1 fully saturated rings. The Bertz CT molecular complexity index is 506. The summed E-state index contributed by atoms with van der Waals surface area (Å²) < 4.78 is 0. The van der Waals surface area contributed by atoms with E-state index in [4.69, 9.17) is 5.73 Å². The van der Waals surface area contributed by atoms with Crippen LogP contribution in [0.15, 0.2) is 12.1 Å². The maximum Gasteiger partial charge on any atom is 0.224 e. The Kier molecular flexibility index (Phi) is 3.09. The molecule has 0 bridgehead atoms. The Balaban J connectivity index is 1.92. The van der Waals surface area contributed by atoms with Gasteiger partial charge in [-0.25, -0.2) is 0 Å². The van der Waals surface area contributed by atoms with E-state index in [-0.39, 0.29) is 5.91 Å². The Labute approximate surface area is 114 Å². The zero-order valence-corrected chi connectivity index (χ0v) is 11.4. The van der Waals surface area contributed by atoms with Gasteiger partial charge in [0.25, 0.3) is 0 Å². The molecule has 1 aliphatic carbocycles. The summed E-state index contributed by atoms with van der Waals surface area (Å²) in [5.74, 6) is 0.103. The zero-order chi connectivity index (χ0) is 13.4. The van der Waals surface area contributed by atoms with E-state index in [1.165, 1.54) is 25.7 Å². The van der Waals surface area contributed by atoms with Crippen LogP contribution in [0.3, 0.4) is 0 Å². The average molecular weight is 259 g/mol. The van der Waals surface area contributed by atoms with Gasteiger partial charge in [-0.1, -0.05) is 12.8 Å². The Morgan fingerprint density at radius 1 is 1.26 bits per heavy atom. The molecule has 1 heterocycles. The van der Waals surface area contributed by atoms with E-state index in [9.17, 15) is 4.79 Å². The molecule has 1 aromatic carbocycles. The fourth-order valence-electron chi connectivity index (χ4n) is 3.23. The van der Waals surface area contributed by atoms with Crippen molar-refractivity contribution in [3.8, 4) is 0 Å². The van der Waals surface area contributed by atoms with Crippen molar-refractivity contribution in [2.75, 3.05) is 23.0 Å². The maximum atomic E-state index is 11.5. The number of fused-ring (bicyclic) bond motifs is 1. The van der Waals surface area contributed by atoms with Gasteiger partial charge in [0.1, 0.15) is 0 Å². The molecule has 4 nitrogen and oxygen atoms in total. The van der Waals surface area contributed by atoms with Crippen molar-refractivity contribution in [2.45, 2.75) is 44.6 Å². The minimum absolute atomic E-state index is 0.103. The number of anilines is 3.